The van der Waals surface area contributed by atoms with E-state index in [2.05, 4.69) is 17.4 Å². The summed E-state index contributed by atoms with van der Waals surface area (Å²) in [4.78, 5) is 14.6. The van der Waals surface area contributed by atoms with Crippen LogP contribution in [0.4, 0.5) is 0 Å². The van der Waals surface area contributed by atoms with E-state index in [4.69, 9.17) is 0 Å². The van der Waals surface area contributed by atoms with Gasteiger partial charge < -0.3 is 10.2 Å². The molecule has 2 aliphatic rings. The number of hydrogen-bond donors (Lipinski definition) is 1. The molecule has 1 aromatic carbocycles. The van der Waals surface area contributed by atoms with Crippen LogP contribution in [0.15, 0.2) is 18.2 Å². The fourth-order valence-electron chi connectivity index (χ4n) is 3.28. The molecule has 0 radical (unpaired) electrons. The third-order valence-electron chi connectivity index (χ3n) is 4.46. The second kappa shape index (κ2) is 6.59. The van der Waals surface area contributed by atoms with E-state index in [1.54, 1.807) is 0 Å². The molecule has 3 nitrogen and oxygen atoms in total. The van der Waals surface area contributed by atoms with Gasteiger partial charge in [-0.1, -0.05) is 6.07 Å². The van der Waals surface area contributed by atoms with Gasteiger partial charge in [-0.2, -0.15) is 0 Å². The normalized spacial score (nSPS) is 21.2. The number of fused-ring (bicyclic) bond motifs is 1. The summed E-state index contributed by atoms with van der Waals surface area (Å²) in [5.41, 5.74) is 3.69. The monoisotopic (exact) mass is 294 g/mol. The Morgan fingerprint density at radius 3 is 2.85 bits per heavy atom. The van der Waals surface area contributed by atoms with Crippen LogP contribution in [0, 0.1) is 0 Å². The van der Waals surface area contributed by atoms with Crippen molar-refractivity contribution in [3.8, 4) is 0 Å². The predicted molar refractivity (Wildman–Crippen MR) is 83.7 cm³/mol. The van der Waals surface area contributed by atoms with Crippen LogP contribution in [0.2, 0.25) is 0 Å². The van der Waals surface area contributed by atoms with Gasteiger partial charge in [0, 0.05) is 24.7 Å². The standard InChI is InChI=1S/C16H22N2O.ClH/c1-17-15-6-3-9-18(11-15)16(19)14-8-7-12-4-2-5-13(12)10-14;/h7-8,10,15,17H,2-6,9,11H2,1H3;1H. The highest BCUT2D eigenvalue weighted by Gasteiger charge is 2.24. The highest BCUT2D eigenvalue weighted by Crippen LogP contribution is 2.24. The molecule has 3 rings (SSSR count). The van der Waals surface area contributed by atoms with Crippen LogP contribution in [0.5, 0.6) is 0 Å². The van der Waals surface area contributed by atoms with E-state index in [0.29, 0.717) is 6.04 Å². The summed E-state index contributed by atoms with van der Waals surface area (Å²) in [6, 6.07) is 6.73. The van der Waals surface area contributed by atoms with Crippen molar-refractivity contribution in [2.24, 2.45) is 0 Å². The van der Waals surface area contributed by atoms with Crippen molar-refractivity contribution < 1.29 is 4.79 Å². The molecule has 1 atom stereocenters. The molecular weight excluding hydrogens is 272 g/mol. The third kappa shape index (κ3) is 2.99. The minimum absolute atomic E-state index is 0. The Hall–Kier alpha value is -1.06. The summed E-state index contributed by atoms with van der Waals surface area (Å²) in [6.07, 6.45) is 5.82. The number of carbonyl (C=O) groups excluding carboxylic acids is 1. The number of amides is 1. The SMILES string of the molecule is CNC1CCCN(C(=O)c2ccc3c(c2)CCC3)C1.Cl. The smallest absolute Gasteiger partial charge is 0.253 e. The summed E-state index contributed by atoms with van der Waals surface area (Å²) >= 11 is 0. The van der Waals surface area contributed by atoms with Crippen molar-refractivity contribution in [3.63, 3.8) is 0 Å². The molecule has 0 bridgehead atoms. The van der Waals surface area contributed by atoms with Crippen molar-refractivity contribution in [2.75, 3.05) is 20.1 Å². The zero-order chi connectivity index (χ0) is 13.2. The second-order valence-electron chi connectivity index (χ2n) is 5.72. The Morgan fingerprint density at radius 1 is 1.25 bits per heavy atom. The second-order valence-corrected chi connectivity index (χ2v) is 5.72. The third-order valence-corrected chi connectivity index (χ3v) is 4.46. The number of nitrogens with one attached hydrogen (secondary N) is 1. The number of benzene rings is 1. The summed E-state index contributed by atoms with van der Waals surface area (Å²) in [5.74, 6) is 0.203. The Balaban J connectivity index is 0.00000147. The Labute approximate surface area is 127 Å². The van der Waals surface area contributed by atoms with Crippen LogP contribution < -0.4 is 5.32 Å². The number of likely N-dealkylation sites (tertiary alicyclic amines) is 1. The molecule has 110 valence electrons. The average Bonchev–Trinajstić information content (AvgIpc) is 2.94. The van der Waals surface area contributed by atoms with Crippen molar-refractivity contribution in [2.45, 2.75) is 38.1 Å². The molecule has 0 aromatic heterocycles. The van der Waals surface area contributed by atoms with E-state index >= 15 is 0 Å². The molecule has 4 heteroatoms. The Kier molecular flexibility index (Phi) is 5.06. The molecular formula is C16H23ClN2O. The number of halogens is 1. The van der Waals surface area contributed by atoms with Gasteiger partial charge in [-0.25, -0.2) is 0 Å². The van der Waals surface area contributed by atoms with Crippen LogP contribution in [-0.4, -0.2) is 37.0 Å². The summed E-state index contributed by atoms with van der Waals surface area (Å²) in [7, 11) is 1.98. The minimum Gasteiger partial charge on any atom is -0.337 e. The molecule has 1 aromatic rings. The molecule has 1 aliphatic carbocycles. The van der Waals surface area contributed by atoms with Crippen molar-refractivity contribution in [1.29, 1.82) is 0 Å². The lowest BCUT2D eigenvalue weighted by Gasteiger charge is -2.32. The number of aryl methyl sites for hydroxylation is 2. The lowest BCUT2D eigenvalue weighted by molar-refractivity contribution is 0.0698. The van der Waals surface area contributed by atoms with Crippen LogP contribution >= 0.6 is 12.4 Å². The predicted octanol–water partition coefficient (Wildman–Crippen LogP) is 2.42. The number of rotatable bonds is 2. The summed E-state index contributed by atoms with van der Waals surface area (Å²) < 4.78 is 0. The Morgan fingerprint density at radius 2 is 2.05 bits per heavy atom. The number of hydrogen-bond acceptors (Lipinski definition) is 2. The first-order valence-corrected chi connectivity index (χ1v) is 7.36. The molecule has 20 heavy (non-hydrogen) atoms. The fraction of sp³-hybridized carbons (Fsp3) is 0.562. The number of nitrogens with zero attached hydrogens (tertiary/aromatic N) is 1. The van der Waals surface area contributed by atoms with E-state index in [9.17, 15) is 4.79 Å². The molecule has 1 unspecified atom stereocenters. The van der Waals surface area contributed by atoms with Crippen molar-refractivity contribution in [1.82, 2.24) is 10.2 Å². The summed E-state index contributed by atoms with van der Waals surface area (Å²) in [6.45, 7) is 1.74. The molecule has 1 amide bonds. The van der Waals surface area contributed by atoms with Gasteiger partial charge >= 0.3 is 0 Å². The van der Waals surface area contributed by atoms with Gasteiger partial charge in [0.2, 0.25) is 0 Å². The molecule has 1 saturated heterocycles. The van der Waals surface area contributed by atoms with Gasteiger partial charge in [0.15, 0.2) is 0 Å². The van der Waals surface area contributed by atoms with E-state index in [0.717, 1.165) is 31.5 Å². The van der Waals surface area contributed by atoms with E-state index < -0.39 is 0 Å². The van der Waals surface area contributed by atoms with Gasteiger partial charge in [0.25, 0.3) is 5.91 Å². The lowest BCUT2D eigenvalue weighted by Crippen LogP contribution is -2.46. The van der Waals surface area contributed by atoms with Crippen molar-refractivity contribution >= 4 is 18.3 Å². The van der Waals surface area contributed by atoms with Crippen LogP contribution in [0.25, 0.3) is 0 Å². The van der Waals surface area contributed by atoms with Gasteiger partial charge in [-0.15, -0.1) is 12.4 Å². The van der Waals surface area contributed by atoms with Gasteiger partial charge in [-0.3, -0.25) is 4.79 Å². The van der Waals surface area contributed by atoms with Gasteiger partial charge in [-0.05, 0) is 62.4 Å². The fourth-order valence-corrected chi connectivity index (χ4v) is 3.28. The largest absolute Gasteiger partial charge is 0.337 e. The highest BCUT2D eigenvalue weighted by atomic mass is 35.5. The molecule has 1 aliphatic heterocycles. The van der Waals surface area contributed by atoms with Crippen LogP contribution in [0.3, 0.4) is 0 Å². The van der Waals surface area contributed by atoms with Gasteiger partial charge in [0.05, 0.1) is 0 Å². The first-order chi connectivity index (χ1) is 9.28. The molecule has 0 spiro atoms. The minimum atomic E-state index is 0. The quantitative estimate of drug-likeness (QED) is 0.908. The number of piperidine rings is 1. The first kappa shape index (κ1) is 15.3. The zero-order valence-corrected chi connectivity index (χ0v) is 12.8. The van der Waals surface area contributed by atoms with E-state index in [-0.39, 0.29) is 18.3 Å². The number of likely N-dealkylation sites (N-methyl/N-ethyl adjacent to an activating group) is 1. The first-order valence-electron chi connectivity index (χ1n) is 7.36. The molecule has 1 N–H and O–H groups in total. The van der Waals surface area contributed by atoms with Crippen molar-refractivity contribution in [3.05, 3.63) is 34.9 Å². The zero-order valence-electron chi connectivity index (χ0n) is 12.0. The van der Waals surface area contributed by atoms with Gasteiger partial charge in [0.1, 0.15) is 0 Å². The summed E-state index contributed by atoms with van der Waals surface area (Å²) in [5, 5.41) is 3.29. The molecule has 1 fully saturated rings. The maximum atomic E-state index is 12.6. The van der Waals surface area contributed by atoms with E-state index in [1.165, 1.54) is 30.4 Å². The molecule has 1 heterocycles. The highest BCUT2D eigenvalue weighted by molar-refractivity contribution is 5.94. The average molecular weight is 295 g/mol. The Bertz CT molecular complexity index is 489. The van der Waals surface area contributed by atoms with Crippen LogP contribution in [0.1, 0.15) is 40.7 Å². The topological polar surface area (TPSA) is 32.3 Å². The maximum Gasteiger partial charge on any atom is 0.253 e. The van der Waals surface area contributed by atoms with Crippen LogP contribution in [-0.2, 0) is 12.8 Å². The van der Waals surface area contributed by atoms with E-state index in [1.807, 2.05) is 18.0 Å². The maximum absolute atomic E-state index is 12.6. The number of carbonyl (C=O) groups is 1. The molecule has 0 saturated carbocycles. The lowest BCUT2D eigenvalue weighted by atomic mass is 10.0.